The van der Waals surface area contributed by atoms with Crippen LogP contribution in [0.1, 0.15) is 12.0 Å². The van der Waals surface area contributed by atoms with Gasteiger partial charge < -0.3 is 19.4 Å². The first-order valence-corrected chi connectivity index (χ1v) is 10.1. The summed E-state index contributed by atoms with van der Waals surface area (Å²) in [6, 6.07) is 18.0. The van der Waals surface area contributed by atoms with Gasteiger partial charge >= 0.3 is 0 Å². The molecule has 1 atom stereocenters. The Morgan fingerprint density at radius 1 is 1.00 bits per heavy atom. The number of piperazine rings is 1. The number of ether oxygens (including phenoxy) is 1. The van der Waals surface area contributed by atoms with E-state index >= 15 is 0 Å². The van der Waals surface area contributed by atoms with Crippen molar-refractivity contribution in [3.63, 3.8) is 0 Å². The minimum Gasteiger partial charge on any atom is -0.497 e. The molecule has 0 saturated carbocycles. The van der Waals surface area contributed by atoms with Gasteiger partial charge in [-0.25, -0.2) is 0 Å². The van der Waals surface area contributed by atoms with E-state index in [0.29, 0.717) is 32.6 Å². The molecule has 2 fully saturated rings. The predicted molar refractivity (Wildman–Crippen MR) is 112 cm³/mol. The molecule has 0 spiro atoms. The molecular formula is C23H27N3O3. The maximum atomic E-state index is 13.0. The second-order valence-corrected chi connectivity index (χ2v) is 7.67. The number of carbonyl (C=O) groups excluding carboxylic acids is 2. The monoisotopic (exact) mass is 393 g/mol. The first-order valence-electron chi connectivity index (χ1n) is 10.1. The molecule has 2 saturated heterocycles. The van der Waals surface area contributed by atoms with Crippen molar-refractivity contribution in [2.24, 2.45) is 5.92 Å². The van der Waals surface area contributed by atoms with Gasteiger partial charge in [-0.05, 0) is 29.8 Å². The number of likely N-dealkylation sites (tertiary alicyclic amines) is 1. The Balaban J connectivity index is 1.31. The van der Waals surface area contributed by atoms with E-state index in [2.05, 4.69) is 4.90 Å². The van der Waals surface area contributed by atoms with E-state index in [1.165, 1.54) is 0 Å². The van der Waals surface area contributed by atoms with Gasteiger partial charge in [0, 0.05) is 51.4 Å². The zero-order valence-corrected chi connectivity index (χ0v) is 16.8. The summed E-state index contributed by atoms with van der Waals surface area (Å²) in [5, 5.41) is 0. The quantitative estimate of drug-likeness (QED) is 0.783. The van der Waals surface area contributed by atoms with Gasteiger partial charge in [-0.3, -0.25) is 9.59 Å². The molecule has 2 aliphatic rings. The summed E-state index contributed by atoms with van der Waals surface area (Å²) in [6.07, 6.45) is 0.324. The van der Waals surface area contributed by atoms with E-state index in [0.717, 1.165) is 30.1 Å². The Hall–Kier alpha value is -3.02. The molecule has 2 heterocycles. The Morgan fingerprint density at radius 2 is 1.69 bits per heavy atom. The van der Waals surface area contributed by atoms with Crippen LogP contribution in [-0.4, -0.2) is 61.4 Å². The number of rotatable bonds is 5. The largest absolute Gasteiger partial charge is 0.497 e. The SMILES string of the molecule is COc1ccc(N2CCN(C(=O)C3CC(=O)N(Cc4ccccc4)C3)CC2)cc1. The van der Waals surface area contributed by atoms with E-state index in [4.69, 9.17) is 4.74 Å². The lowest BCUT2D eigenvalue weighted by Gasteiger charge is -2.37. The lowest BCUT2D eigenvalue weighted by molar-refractivity contribution is -0.136. The van der Waals surface area contributed by atoms with Crippen LogP contribution in [0.15, 0.2) is 54.6 Å². The lowest BCUT2D eigenvalue weighted by atomic mass is 10.1. The van der Waals surface area contributed by atoms with Crippen LogP contribution in [0.3, 0.4) is 0 Å². The van der Waals surface area contributed by atoms with Crippen LogP contribution in [0.25, 0.3) is 0 Å². The third-order valence-electron chi connectivity index (χ3n) is 5.81. The summed E-state index contributed by atoms with van der Waals surface area (Å²) >= 11 is 0. The molecule has 4 rings (SSSR count). The highest BCUT2D eigenvalue weighted by molar-refractivity contribution is 5.89. The van der Waals surface area contributed by atoms with Gasteiger partial charge in [0.2, 0.25) is 11.8 Å². The van der Waals surface area contributed by atoms with Crippen molar-refractivity contribution in [1.29, 1.82) is 0 Å². The van der Waals surface area contributed by atoms with Crippen molar-refractivity contribution >= 4 is 17.5 Å². The fourth-order valence-electron chi connectivity index (χ4n) is 4.13. The fourth-order valence-corrected chi connectivity index (χ4v) is 4.13. The molecule has 6 heteroatoms. The second-order valence-electron chi connectivity index (χ2n) is 7.67. The maximum Gasteiger partial charge on any atom is 0.228 e. The number of amides is 2. The Morgan fingerprint density at radius 3 is 2.34 bits per heavy atom. The molecule has 2 aromatic carbocycles. The van der Waals surface area contributed by atoms with E-state index in [9.17, 15) is 9.59 Å². The fraction of sp³-hybridized carbons (Fsp3) is 0.391. The van der Waals surface area contributed by atoms with Crippen molar-refractivity contribution < 1.29 is 14.3 Å². The van der Waals surface area contributed by atoms with Crippen molar-refractivity contribution in [2.45, 2.75) is 13.0 Å². The van der Waals surface area contributed by atoms with Gasteiger partial charge in [0.15, 0.2) is 0 Å². The molecule has 0 aliphatic carbocycles. The third kappa shape index (κ3) is 4.36. The molecule has 0 radical (unpaired) electrons. The van der Waals surface area contributed by atoms with Crippen LogP contribution >= 0.6 is 0 Å². The minimum absolute atomic E-state index is 0.0732. The summed E-state index contributed by atoms with van der Waals surface area (Å²) in [5.74, 6) is 0.805. The highest BCUT2D eigenvalue weighted by atomic mass is 16.5. The number of hydrogen-bond donors (Lipinski definition) is 0. The topological polar surface area (TPSA) is 53.1 Å². The van der Waals surface area contributed by atoms with E-state index in [1.54, 1.807) is 7.11 Å². The molecule has 2 amide bonds. The number of nitrogens with zero attached hydrogens (tertiary/aromatic N) is 3. The van der Waals surface area contributed by atoms with E-state index in [1.807, 2.05) is 64.4 Å². The average Bonchev–Trinajstić information content (AvgIpc) is 3.14. The Bertz CT molecular complexity index is 845. The zero-order chi connectivity index (χ0) is 20.2. The summed E-state index contributed by atoms with van der Waals surface area (Å²) in [4.78, 5) is 31.4. The van der Waals surface area contributed by atoms with Crippen molar-refractivity contribution in [2.75, 3.05) is 44.7 Å². The van der Waals surface area contributed by atoms with Gasteiger partial charge in [-0.2, -0.15) is 0 Å². The van der Waals surface area contributed by atoms with Crippen LogP contribution in [0, 0.1) is 5.92 Å². The standard InChI is InChI=1S/C23H27N3O3/c1-29-21-9-7-20(8-10-21)24-11-13-25(14-12-24)23(28)19-15-22(27)26(17-19)16-18-5-3-2-4-6-18/h2-10,19H,11-17H2,1H3. The molecular weight excluding hydrogens is 366 g/mol. The van der Waals surface area contributed by atoms with Gasteiger partial charge in [-0.15, -0.1) is 0 Å². The van der Waals surface area contributed by atoms with Gasteiger partial charge in [0.1, 0.15) is 5.75 Å². The summed E-state index contributed by atoms with van der Waals surface area (Å²) in [6.45, 7) is 4.07. The number of methoxy groups -OCH3 is 1. The molecule has 1 unspecified atom stereocenters. The normalized spacial score (nSPS) is 19.6. The van der Waals surface area contributed by atoms with E-state index in [-0.39, 0.29) is 17.7 Å². The van der Waals surface area contributed by atoms with Crippen LogP contribution in [0.5, 0.6) is 5.75 Å². The number of hydrogen-bond acceptors (Lipinski definition) is 4. The first kappa shape index (κ1) is 19.3. The minimum atomic E-state index is -0.223. The highest BCUT2D eigenvalue weighted by Gasteiger charge is 2.37. The van der Waals surface area contributed by atoms with Crippen LogP contribution in [0.2, 0.25) is 0 Å². The number of carbonyl (C=O) groups is 2. The smallest absolute Gasteiger partial charge is 0.228 e. The van der Waals surface area contributed by atoms with Crippen LogP contribution in [0.4, 0.5) is 5.69 Å². The number of anilines is 1. The Kier molecular flexibility index (Phi) is 5.69. The van der Waals surface area contributed by atoms with Crippen molar-refractivity contribution in [1.82, 2.24) is 9.80 Å². The van der Waals surface area contributed by atoms with E-state index < -0.39 is 0 Å². The molecule has 0 bridgehead atoms. The predicted octanol–water partition coefficient (Wildman–Crippen LogP) is 2.39. The average molecular weight is 393 g/mol. The highest BCUT2D eigenvalue weighted by Crippen LogP contribution is 2.24. The molecule has 2 aromatic rings. The number of benzene rings is 2. The zero-order valence-electron chi connectivity index (χ0n) is 16.8. The van der Waals surface area contributed by atoms with Crippen molar-refractivity contribution in [3.05, 3.63) is 60.2 Å². The van der Waals surface area contributed by atoms with Gasteiger partial charge in [0.25, 0.3) is 0 Å². The van der Waals surface area contributed by atoms with Crippen molar-refractivity contribution in [3.8, 4) is 5.75 Å². The van der Waals surface area contributed by atoms with Gasteiger partial charge in [-0.1, -0.05) is 30.3 Å². The summed E-state index contributed by atoms with van der Waals surface area (Å²) in [5.41, 5.74) is 2.24. The Labute approximate surface area is 171 Å². The molecule has 6 nitrogen and oxygen atoms in total. The third-order valence-corrected chi connectivity index (χ3v) is 5.81. The molecule has 0 N–H and O–H groups in total. The lowest BCUT2D eigenvalue weighted by Crippen LogP contribution is -2.50. The van der Waals surface area contributed by atoms with Gasteiger partial charge in [0.05, 0.1) is 13.0 Å². The summed E-state index contributed by atoms with van der Waals surface area (Å²) in [7, 11) is 1.66. The first-order chi connectivity index (χ1) is 14.1. The summed E-state index contributed by atoms with van der Waals surface area (Å²) < 4.78 is 5.21. The maximum absolute atomic E-state index is 13.0. The van der Waals surface area contributed by atoms with Crippen LogP contribution < -0.4 is 9.64 Å². The van der Waals surface area contributed by atoms with Crippen LogP contribution in [-0.2, 0) is 16.1 Å². The molecule has 0 aromatic heterocycles. The second kappa shape index (κ2) is 8.55. The molecule has 2 aliphatic heterocycles. The molecule has 152 valence electrons. The molecule has 29 heavy (non-hydrogen) atoms.